The lowest BCUT2D eigenvalue weighted by molar-refractivity contribution is -0.114. The number of nitrogens with zero attached hydrogens (tertiary/aromatic N) is 1. The summed E-state index contributed by atoms with van der Waals surface area (Å²) in [5, 5.41) is 2.61. The minimum atomic E-state index is -3.84. The number of hydrogen-bond donors (Lipinski definition) is 2. The summed E-state index contributed by atoms with van der Waals surface area (Å²) in [6.45, 7) is 1.73. The number of benzene rings is 3. The van der Waals surface area contributed by atoms with E-state index < -0.39 is 32.5 Å². The Labute approximate surface area is 223 Å². The van der Waals surface area contributed by atoms with Crippen LogP contribution >= 0.6 is 15.9 Å². The Morgan fingerprint density at radius 1 is 0.892 bits per heavy atom. The van der Waals surface area contributed by atoms with Gasteiger partial charge in [-0.15, -0.1) is 0 Å². The summed E-state index contributed by atoms with van der Waals surface area (Å²) in [7, 11) is -7.64. The average Bonchev–Trinajstić information content (AvgIpc) is 2.88. The van der Waals surface area contributed by atoms with Crippen molar-refractivity contribution in [2.75, 3.05) is 39.9 Å². The zero-order valence-electron chi connectivity index (χ0n) is 19.7. The van der Waals surface area contributed by atoms with Gasteiger partial charge in [-0.3, -0.25) is 13.8 Å². The third-order valence-corrected chi connectivity index (χ3v) is 9.01. The molecule has 0 saturated carbocycles. The van der Waals surface area contributed by atoms with Gasteiger partial charge in [-0.25, -0.2) is 16.8 Å². The number of halogens is 1. The molecule has 1 aliphatic rings. The van der Waals surface area contributed by atoms with E-state index >= 15 is 0 Å². The molecule has 0 aromatic heterocycles. The Hall–Kier alpha value is -3.29. The van der Waals surface area contributed by atoms with Crippen LogP contribution in [0, 0.1) is 0 Å². The highest BCUT2D eigenvalue weighted by Gasteiger charge is 2.25. The summed E-state index contributed by atoms with van der Waals surface area (Å²) in [6.07, 6.45) is 0. The predicted octanol–water partition coefficient (Wildman–Crippen LogP) is 3.82. The average molecular weight is 611 g/mol. The number of ether oxygens (including phenoxy) is 2. The summed E-state index contributed by atoms with van der Waals surface area (Å²) in [4.78, 5) is 12.8. The molecule has 0 atom stereocenters. The number of fused-ring (bicyclic) bond motifs is 1. The first-order chi connectivity index (χ1) is 17.6. The van der Waals surface area contributed by atoms with Crippen LogP contribution < -0.4 is 23.8 Å². The molecule has 1 aliphatic heterocycles. The van der Waals surface area contributed by atoms with Crippen LogP contribution in [0.5, 0.6) is 11.5 Å². The molecular formula is C24H24BrN3O7S2. The van der Waals surface area contributed by atoms with Gasteiger partial charge in [-0.2, -0.15) is 0 Å². The maximum absolute atomic E-state index is 12.8. The number of carbonyl (C=O) groups is 1. The van der Waals surface area contributed by atoms with Gasteiger partial charge in [0, 0.05) is 21.9 Å². The van der Waals surface area contributed by atoms with Crippen LogP contribution in [0.15, 0.2) is 76.1 Å². The molecule has 0 fully saturated rings. The van der Waals surface area contributed by atoms with Crippen molar-refractivity contribution < 1.29 is 31.1 Å². The molecule has 3 aromatic rings. The SMILES string of the molecule is CCS(=O)(=O)N(CC(=O)Nc1ccc(S(=O)(=O)Nc2ccc(Br)cc2)cc1)c1ccc2c(c1)OCCO2. The van der Waals surface area contributed by atoms with Gasteiger partial charge in [-0.05, 0) is 67.6 Å². The van der Waals surface area contributed by atoms with E-state index in [2.05, 4.69) is 26.0 Å². The number of hydrogen-bond acceptors (Lipinski definition) is 7. The maximum Gasteiger partial charge on any atom is 0.261 e. The Bertz CT molecular complexity index is 1490. The van der Waals surface area contributed by atoms with Gasteiger partial charge in [0.1, 0.15) is 19.8 Å². The van der Waals surface area contributed by atoms with E-state index in [0.29, 0.717) is 36.1 Å². The van der Waals surface area contributed by atoms with Gasteiger partial charge in [-0.1, -0.05) is 15.9 Å². The predicted molar refractivity (Wildman–Crippen MR) is 144 cm³/mol. The van der Waals surface area contributed by atoms with Gasteiger partial charge in [0.15, 0.2) is 11.5 Å². The molecule has 2 N–H and O–H groups in total. The largest absolute Gasteiger partial charge is 0.486 e. The molecule has 10 nitrogen and oxygen atoms in total. The van der Waals surface area contributed by atoms with Crippen LogP contribution in [0.3, 0.4) is 0 Å². The van der Waals surface area contributed by atoms with Crippen LogP contribution in [0.25, 0.3) is 0 Å². The second kappa shape index (κ2) is 11.0. The van der Waals surface area contributed by atoms with Crippen molar-refractivity contribution in [1.82, 2.24) is 0 Å². The first-order valence-electron chi connectivity index (χ1n) is 11.2. The zero-order valence-corrected chi connectivity index (χ0v) is 22.9. The van der Waals surface area contributed by atoms with Crippen molar-refractivity contribution >= 4 is 58.9 Å². The molecule has 13 heteroatoms. The summed E-state index contributed by atoms with van der Waals surface area (Å²) in [6, 6.07) is 16.9. The summed E-state index contributed by atoms with van der Waals surface area (Å²) in [5.41, 5.74) is 0.974. The molecule has 37 heavy (non-hydrogen) atoms. The molecule has 196 valence electrons. The van der Waals surface area contributed by atoms with Crippen molar-refractivity contribution in [3.8, 4) is 11.5 Å². The third kappa shape index (κ3) is 6.53. The highest BCUT2D eigenvalue weighted by molar-refractivity contribution is 9.10. The topological polar surface area (TPSA) is 131 Å². The third-order valence-electron chi connectivity index (χ3n) is 5.35. The standard InChI is InChI=1S/C24H24BrN3O7S2/c1-2-36(30,31)28(20-9-12-22-23(15-20)35-14-13-34-22)16-24(29)26-18-7-10-21(11-8-18)37(32,33)27-19-5-3-17(25)4-6-19/h3-12,15,27H,2,13-14,16H2,1H3,(H,26,29). The number of sulfonamides is 2. The Kier molecular flexibility index (Phi) is 7.95. The molecule has 1 amide bonds. The highest BCUT2D eigenvalue weighted by Crippen LogP contribution is 2.35. The molecule has 0 saturated heterocycles. The lowest BCUT2D eigenvalue weighted by Gasteiger charge is -2.25. The monoisotopic (exact) mass is 609 g/mol. The first-order valence-corrected chi connectivity index (χ1v) is 15.0. The van der Waals surface area contributed by atoms with Crippen molar-refractivity contribution in [3.05, 3.63) is 71.2 Å². The first kappa shape index (κ1) is 26.8. The lowest BCUT2D eigenvalue weighted by atomic mass is 10.2. The molecule has 0 unspecified atom stereocenters. The minimum absolute atomic E-state index is 0.000108. The second-order valence-electron chi connectivity index (χ2n) is 7.92. The summed E-state index contributed by atoms with van der Waals surface area (Å²) >= 11 is 3.30. The van der Waals surface area contributed by atoms with E-state index in [9.17, 15) is 21.6 Å². The Morgan fingerprint density at radius 2 is 1.51 bits per heavy atom. The number of nitrogens with one attached hydrogen (secondary N) is 2. The molecule has 1 heterocycles. The molecule has 0 spiro atoms. The molecule has 3 aromatic carbocycles. The van der Waals surface area contributed by atoms with Gasteiger partial charge in [0.05, 0.1) is 16.3 Å². The van der Waals surface area contributed by atoms with Gasteiger partial charge < -0.3 is 14.8 Å². The number of amides is 1. The van der Waals surface area contributed by atoms with Crippen molar-refractivity contribution in [3.63, 3.8) is 0 Å². The van der Waals surface area contributed by atoms with E-state index in [1.807, 2.05) is 0 Å². The Morgan fingerprint density at radius 3 is 2.16 bits per heavy atom. The number of rotatable bonds is 9. The number of carbonyl (C=O) groups excluding carboxylic acids is 1. The van der Waals surface area contributed by atoms with Crippen LogP contribution in [0.1, 0.15) is 6.92 Å². The highest BCUT2D eigenvalue weighted by atomic mass is 79.9. The maximum atomic E-state index is 12.8. The fourth-order valence-electron chi connectivity index (χ4n) is 3.47. The molecule has 0 aliphatic carbocycles. The number of anilines is 3. The zero-order chi connectivity index (χ0) is 26.6. The molecule has 0 bridgehead atoms. The Balaban J connectivity index is 1.47. The van der Waals surface area contributed by atoms with Crippen molar-refractivity contribution in [1.29, 1.82) is 0 Å². The minimum Gasteiger partial charge on any atom is -0.486 e. The molecular weight excluding hydrogens is 586 g/mol. The van der Waals surface area contributed by atoms with Crippen LogP contribution in [0.2, 0.25) is 0 Å². The fraction of sp³-hybridized carbons (Fsp3) is 0.208. The van der Waals surface area contributed by atoms with Gasteiger partial charge >= 0.3 is 0 Å². The second-order valence-corrected chi connectivity index (χ2v) is 12.7. The summed E-state index contributed by atoms with van der Waals surface area (Å²) < 4.78 is 66.2. The van der Waals surface area contributed by atoms with Gasteiger partial charge in [0.2, 0.25) is 15.9 Å². The molecule has 0 radical (unpaired) electrons. The fourth-order valence-corrected chi connectivity index (χ4v) is 5.86. The van der Waals surface area contributed by atoms with E-state index in [4.69, 9.17) is 9.47 Å². The van der Waals surface area contributed by atoms with Crippen LogP contribution in [-0.4, -0.2) is 48.3 Å². The lowest BCUT2D eigenvalue weighted by Crippen LogP contribution is -2.39. The van der Waals surface area contributed by atoms with E-state index in [0.717, 1.165) is 8.78 Å². The van der Waals surface area contributed by atoms with Gasteiger partial charge in [0.25, 0.3) is 10.0 Å². The van der Waals surface area contributed by atoms with Crippen LogP contribution in [0.4, 0.5) is 17.1 Å². The van der Waals surface area contributed by atoms with Crippen LogP contribution in [-0.2, 0) is 24.8 Å². The quantitative estimate of drug-likeness (QED) is 0.377. The van der Waals surface area contributed by atoms with Crippen molar-refractivity contribution in [2.45, 2.75) is 11.8 Å². The van der Waals surface area contributed by atoms with Crippen molar-refractivity contribution in [2.24, 2.45) is 0 Å². The normalized spacial score (nSPS) is 13.0. The summed E-state index contributed by atoms with van der Waals surface area (Å²) in [5.74, 6) is 0.0783. The van der Waals surface area contributed by atoms with E-state index in [-0.39, 0.29) is 16.3 Å². The smallest absolute Gasteiger partial charge is 0.261 e. The van der Waals surface area contributed by atoms with E-state index in [1.165, 1.54) is 37.3 Å². The molecule has 4 rings (SSSR count). The van der Waals surface area contributed by atoms with E-state index in [1.54, 1.807) is 36.4 Å².